The monoisotopic (exact) mass is 297 g/mol. The third-order valence-electron chi connectivity index (χ3n) is 2.93. The molecule has 4 N–H and O–H groups in total. The van der Waals surface area contributed by atoms with E-state index in [2.05, 4.69) is 10.6 Å². The van der Waals surface area contributed by atoms with Crippen LogP contribution in [0.4, 0.5) is 4.39 Å². The van der Waals surface area contributed by atoms with Gasteiger partial charge in [0, 0.05) is 31.3 Å². The fraction of sp³-hybridized carbons (Fsp3) is 0.429. The normalized spacial score (nSPS) is 12.0. The molecule has 116 valence electrons. The van der Waals surface area contributed by atoms with Crippen LogP contribution in [0.1, 0.15) is 22.8 Å². The maximum atomic E-state index is 13.7. The Morgan fingerprint density at radius 1 is 1.43 bits per heavy atom. The molecule has 1 unspecified atom stereocenters. The summed E-state index contributed by atoms with van der Waals surface area (Å²) in [7, 11) is 1.55. The number of carbonyl (C=O) groups is 2. The minimum absolute atomic E-state index is 0.113. The van der Waals surface area contributed by atoms with E-state index in [0.717, 1.165) is 6.07 Å². The fourth-order valence-electron chi connectivity index (χ4n) is 1.63. The lowest BCUT2D eigenvalue weighted by atomic mass is 10.1. The van der Waals surface area contributed by atoms with Gasteiger partial charge in [-0.3, -0.25) is 9.59 Å². The Morgan fingerprint density at radius 2 is 2.14 bits per heavy atom. The summed E-state index contributed by atoms with van der Waals surface area (Å²) >= 11 is 0. The van der Waals surface area contributed by atoms with Crippen molar-refractivity contribution in [3.05, 3.63) is 35.1 Å². The van der Waals surface area contributed by atoms with Crippen LogP contribution in [-0.4, -0.2) is 38.1 Å². The van der Waals surface area contributed by atoms with Crippen LogP contribution in [-0.2, 0) is 16.1 Å². The average Bonchev–Trinajstić information content (AvgIpc) is 2.45. The predicted molar refractivity (Wildman–Crippen MR) is 76.1 cm³/mol. The summed E-state index contributed by atoms with van der Waals surface area (Å²) in [5, 5.41) is 5.58. The maximum absolute atomic E-state index is 13.7. The van der Waals surface area contributed by atoms with Crippen LogP contribution >= 0.6 is 0 Å². The third kappa shape index (κ3) is 5.49. The Hall–Kier alpha value is -1.99. The largest absolute Gasteiger partial charge is 0.383 e. The molecule has 1 atom stereocenters. The van der Waals surface area contributed by atoms with Crippen molar-refractivity contribution in [2.24, 2.45) is 5.73 Å². The Balaban J connectivity index is 2.51. The van der Waals surface area contributed by atoms with E-state index in [4.69, 9.17) is 10.5 Å². The molecule has 1 aromatic carbocycles. The average molecular weight is 297 g/mol. The first-order chi connectivity index (χ1) is 9.95. The molecular formula is C14H20FN3O3. The van der Waals surface area contributed by atoms with Gasteiger partial charge >= 0.3 is 0 Å². The summed E-state index contributed by atoms with van der Waals surface area (Å²) in [4.78, 5) is 22.6. The summed E-state index contributed by atoms with van der Waals surface area (Å²) in [6.45, 7) is 2.70. The number of nitrogens with one attached hydrogen (secondary N) is 2. The predicted octanol–water partition coefficient (Wildman–Crippen LogP) is 0.165. The van der Waals surface area contributed by atoms with Crippen LogP contribution < -0.4 is 16.4 Å². The Labute approximate surface area is 122 Å². The van der Waals surface area contributed by atoms with Crippen LogP contribution in [0.5, 0.6) is 0 Å². The summed E-state index contributed by atoms with van der Waals surface area (Å²) in [5.41, 5.74) is 5.54. The number of ether oxygens (including phenoxy) is 1. The van der Waals surface area contributed by atoms with Crippen LogP contribution in [0.15, 0.2) is 18.2 Å². The molecule has 0 aliphatic carbocycles. The number of hydrogen-bond donors (Lipinski definition) is 3. The van der Waals surface area contributed by atoms with Gasteiger partial charge in [0.1, 0.15) is 5.82 Å². The molecular weight excluding hydrogens is 277 g/mol. The minimum atomic E-state index is -0.681. The molecule has 7 heteroatoms. The molecule has 1 rings (SSSR count). The fourth-order valence-corrected chi connectivity index (χ4v) is 1.63. The standard InChI is InChI=1S/C14H20FN3O3/c1-9(14(20)17-5-6-21-2)18-8-11-4-3-10(13(16)19)7-12(11)15/h3-4,7,9,18H,5-6,8H2,1-2H3,(H2,16,19)(H,17,20). The zero-order chi connectivity index (χ0) is 15.8. The van der Waals surface area contributed by atoms with E-state index in [1.807, 2.05) is 0 Å². The number of carbonyl (C=O) groups excluding carboxylic acids is 2. The number of methoxy groups -OCH3 is 1. The summed E-state index contributed by atoms with van der Waals surface area (Å²) < 4.78 is 18.6. The second-order valence-corrected chi connectivity index (χ2v) is 4.56. The van der Waals surface area contributed by atoms with E-state index in [0.29, 0.717) is 18.7 Å². The molecule has 0 saturated carbocycles. The Kier molecular flexibility index (Phi) is 6.77. The highest BCUT2D eigenvalue weighted by molar-refractivity contribution is 5.92. The van der Waals surface area contributed by atoms with Gasteiger partial charge in [-0.15, -0.1) is 0 Å². The molecule has 0 spiro atoms. The summed E-state index contributed by atoms with van der Waals surface area (Å²) in [6, 6.07) is 3.53. The SMILES string of the molecule is COCCNC(=O)C(C)NCc1ccc(C(N)=O)cc1F. The number of halogens is 1. The van der Waals surface area contributed by atoms with Crippen LogP contribution in [0, 0.1) is 5.82 Å². The number of hydrogen-bond acceptors (Lipinski definition) is 4. The second-order valence-electron chi connectivity index (χ2n) is 4.56. The van der Waals surface area contributed by atoms with Gasteiger partial charge in [-0.25, -0.2) is 4.39 Å². The molecule has 0 fully saturated rings. The van der Waals surface area contributed by atoms with Crippen molar-refractivity contribution in [1.29, 1.82) is 0 Å². The number of benzene rings is 1. The van der Waals surface area contributed by atoms with E-state index in [1.54, 1.807) is 14.0 Å². The van der Waals surface area contributed by atoms with Gasteiger partial charge in [-0.05, 0) is 19.1 Å². The molecule has 0 heterocycles. The topological polar surface area (TPSA) is 93.4 Å². The second kappa shape index (κ2) is 8.33. The van der Waals surface area contributed by atoms with E-state index in [-0.39, 0.29) is 18.0 Å². The molecule has 0 aliphatic heterocycles. The highest BCUT2D eigenvalue weighted by atomic mass is 19.1. The first-order valence-corrected chi connectivity index (χ1v) is 6.54. The van der Waals surface area contributed by atoms with E-state index < -0.39 is 17.8 Å². The number of rotatable bonds is 8. The number of nitrogens with two attached hydrogens (primary N) is 1. The van der Waals surface area contributed by atoms with Gasteiger partial charge in [-0.2, -0.15) is 0 Å². The lowest BCUT2D eigenvalue weighted by Crippen LogP contribution is -2.42. The quantitative estimate of drug-likeness (QED) is 0.596. The third-order valence-corrected chi connectivity index (χ3v) is 2.93. The van der Waals surface area contributed by atoms with Gasteiger partial charge in [0.25, 0.3) is 0 Å². The van der Waals surface area contributed by atoms with Crippen molar-refractivity contribution in [3.8, 4) is 0 Å². The molecule has 1 aromatic rings. The number of amides is 2. The van der Waals surface area contributed by atoms with E-state index >= 15 is 0 Å². The maximum Gasteiger partial charge on any atom is 0.248 e. The molecule has 21 heavy (non-hydrogen) atoms. The van der Waals surface area contributed by atoms with Crippen molar-refractivity contribution in [2.45, 2.75) is 19.5 Å². The van der Waals surface area contributed by atoms with Gasteiger partial charge < -0.3 is 21.1 Å². The van der Waals surface area contributed by atoms with Gasteiger partial charge in [0.05, 0.1) is 12.6 Å². The summed E-state index contributed by atoms with van der Waals surface area (Å²) in [6.07, 6.45) is 0. The van der Waals surface area contributed by atoms with Crippen molar-refractivity contribution in [3.63, 3.8) is 0 Å². The molecule has 0 aromatic heterocycles. The first-order valence-electron chi connectivity index (χ1n) is 6.54. The van der Waals surface area contributed by atoms with E-state index in [9.17, 15) is 14.0 Å². The van der Waals surface area contributed by atoms with Gasteiger partial charge in [0.2, 0.25) is 11.8 Å². The van der Waals surface area contributed by atoms with Crippen molar-refractivity contribution < 1.29 is 18.7 Å². The first kappa shape index (κ1) is 17.1. The van der Waals surface area contributed by atoms with Gasteiger partial charge in [0.15, 0.2) is 0 Å². The lowest BCUT2D eigenvalue weighted by molar-refractivity contribution is -0.123. The summed E-state index contributed by atoms with van der Waals surface area (Å²) in [5.74, 6) is -1.41. The molecule has 2 amide bonds. The van der Waals surface area contributed by atoms with Crippen LogP contribution in [0.25, 0.3) is 0 Å². The van der Waals surface area contributed by atoms with Crippen LogP contribution in [0.3, 0.4) is 0 Å². The van der Waals surface area contributed by atoms with Crippen molar-refractivity contribution in [1.82, 2.24) is 10.6 Å². The highest BCUT2D eigenvalue weighted by Gasteiger charge is 2.13. The lowest BCUT2D eigenvalue weighted by Gasteiger charge is -2.14. The minimum Gasteiger partial charge on any atom is -0.383 e. The zero-order valence-corrected chi connectivity index (χ0v) is 12.1. The smallest absolute Gasteiger partial charge is 0.248 e. The molecule has 0 aliphatic rings. The molecule has 0 radical (unpaired) electrons. The van der Waals surface area contributed by atoms with E-state index in [1.165, 1.54) is 12.1 Å². The number of primary amides is 1. The van der Waals surface area contributed by atoms with Crippen molar-refractivity contribution in [2.75, 3.05) is 20.3 Å². The Bertz CT molecular complexity index is 508. The van der Waals surface area contributed by atoms with Crippen LogP contribution in [0.2, 0.25) is 0 Å². The van der Waals surface area contributed by atoms with Gasteiger partial charge in [-0.1, -0.05) is 6.07 Å². The van der Waals surface area contributed by atoms with Crippen molar-refractivity contribution >= 4 is 11.8 Å². The molecule has 6 nitrogen and oxygen atoms in total. The molecule has 0 saturated heterocycles. The zero-order valence-electron chi connectivity index (χ0n) is 12.1. The highest BCUT2D eigenvalue weighted by Crippen LogP contribution is 2.10. The molecule has 0 bridgehead atoms. The Morgan fingerprint density at radius 3 is 2.71 bits per heavy atom.